The Morgan fingerprint density at radius 1 is 0.933 bits per heavy atom. The normalized spacial score (nSPS) is 22.7. The third kappa shape index (κ3) is 5.89. The third-order valence-electron chi connectivity index (χ3n) is 8.63. The maximum atomic E-state index is 13.2. The summed E-state index contributed by atoms with van der Waals surface area (Å²) in [4.78, 5) is 13.2. The van der Waals surface area contributed by atoms with Gasteiger partial charge in [-0.1, -0.05) is 13.3 Å². The molecule has 0 saturated carbocycles. The number of esters is 1. The van der Waals surface area contributed by atoms with Crippen molar-refractivity contribution in [3.63, 3.8) is 0 Å². The molecule has 3 aromatic carbocycles. The lowest BCUT2D eigenvalue weighted by molar-refractivity contribution is -0.0203. The molecule has 0 saturated heterocycles. The smallest absolute Gasteiger partial charge is 0.338 e. The van der Waals surface area contributed by atoms with Gasteiger partial charge in [0, 0.05) is 35.1 Å². The average molecular weight is 627 g/mol. The number of fused-ring (bicyclic) bond motifs is 3. The number of benzene rings is 3. The summed E-state index contributed by atoms with van der Waals surface area (Å²) in [5.74, 6) is -5.68. The van der Waals surface area contributed by atoms with Gasteiger partial charge in [0.15, 0.2) is 40.6 Å². The molecule has 1 unspecified atom stereocenters. The minimum atomic E-state index is -1.25. The van der Waals surface area contributed by atoms with Crippen molar-refractivity contribution in [2.45, 2.75) is 89.1 Å². The molecule has 45 heavy (non-hydrogen) atoms. The number of phenols is 7. The SMILES string of the molecule is CCCC1(C)CC[C@@H](C(C)(C)O)c2c(cc(O)c3c2O[C@H](c2cc(O)c(O)c(O)c2)[C@H](OC(=O)c2cc(O)c(O)c(O)c2)C3)O1. The van der Waals surface area contributed by atoms with Gasteiger partial charge >= 0.3 is 5.97 Å². The van der Waals surface area contributed by atoms with Crippen LogP contribution in [0.5, 0.6) is 51.7 Å². The van der Waals surface area contributed by atoms with Crippen LogP contribution >= 0.6 is 0 Å². The Morgan fingerprint density at radius 3 is 2.07 bits per heavy atom. The monoisotopic (exact) mass is 626 g/mol. The number of hydrogen-bond donors (Lipinski definition) is 8. The number of ether oxygens (including phenoxy) is 3. The van der Waals surface area contributed by atoms with E-state index < -0.39 is 69.8 Å². The predicted molar refractivity (Wildman–Crippen MR) is 159 cm³/mol. The summed E-state index contributed by atoms with van der Waals surface area (Å²) in [7, 11) is 0. The summed E-state index contributed by atoms with van der Waals surface area (Å²) >= 11 is 0. The van der Waals surface area contributed by atoms with Gasteiger partial charge in [0.25, 0.3) is 0 Å². The Morgan fingerprint density at radius 2 is 1.51 bits per heavy atom. The van der Waals surface area contributed by atoms with Gasteiger partial charge in [-0.15, -0.1) is 0 Å². The highest BCUT2D eigenvalue weighted by atomic mass is 16.6. The number of phenolic OH excluding ortho intramolecular Hbond substituents is 7. The maximum absolute atomic E-state index is 13.2. The summed E-state index contributed by atoms with van der Waals surface area (Å²) in [6.45, 7) is 7.36. The van der Waals surface area contributed by atoms with E-state index in [0.717, 1.165) is 37.1 Å². The van der Waals surface area contributed by atoms with E-state index in [1.165, 1.54) is 6.07 Å². The summed E-state index contributed by atoms with van der Waals surface area (Å²) in [6.07, 6.45) is 0.0735. The fraction of sp³-hybridized carbons (Fsp3) is 0.424. The van der Waals surface area contributed by atoms with E-state index >= 15 is 0 Å². The molecule has 0 radical (unpaired) electrons. The quantitative estimate of drug-likeness (QED) is 0.133. The Labute approximate surface area is 259 Å². The van der Waals surface area contributed by atoms with E-state index in [9.17, 15) is 45.6 Å². The second-order valence-electron chi connectivity index (χ2n) is 12.6. The van der Waals surface area contributed by atoms with Crippen molar-refractivity contribution in [2.24, 2.45) is 0 Å². The van der Waals surface area contributed by atoms with Crippen molar-refractivity contribution >= 4 is 5.97 Å². The number of carbonyl (C=O) groups is 1. The second-order valence-corrected chi connectivity index (χ2v) is 12.6. The predicted octanol–water partition coefficient (Wildman–Crippen LogP) is 5.11. The Balaban J connectivity index is 1.66. The average Bonchev–Trinajstić information content (AvgIpc) is 3.10. The van der Waals surface area contributed by atoms with Crippen LogP contribution in [0.2, 0.25) is 0 Å². The minimum absolute atomic E-state index is 0.102. The second kappa shape index (κ2) is 11.3. The van der Waals surface area contributed by atoms with Crippen LogP contribution in [-0.4, -0.2) is 64.1 Å². The molecule has 5 rings (SSSR count). The number of carbonyl (C=O) groups excluding carboxylic acids is 1. The molecule has 0 bridgehead atoms. The topological polar surface area (TPSA) is 207 Å². The van der Waals surface area contributed by atoms with Crippen molar-refractivity contribution in [1.82, 2.24) is 0 Å². The van der Waals surface area contributed by atoms with Crippen LogP contribution in [0.3, 0.4) is 0 Å². The Kier molecular flexibility index (Phi) is 7.99. The lowest BCUT2D eigenvalue weighted by Gasteiger charge is -2.38. The summed E-state index contributed by atoms with van der Waals surface area (Å²) < 4.78 is 18.8. The molecule has 0 aliphatic carbocycles. The van der Waals surface area contributed by atoms with Crippen molar-refractivity contribution in [2.75, 3.05) is 0 Å². The molecule has 2 aliphatic heterocycles. The minimum Gasteiger partial charge on any atom is -0.507 e. The zero-order chi connectivity index (χ0) is 33.0. The molecule has 12 nitrogen and oxygen atoms in total. The van der Waals surface area contributed by atoms with Crippen molar-refractivity contribution < 1.29 is 59.9 Å². The molecule has 12 heteroatoms. The van der Waals surface area contributed by atoms with Gasteiger partial charge in [0.1, 0.15) is 29.0 Å². The summed E-state index contributed by atoms with van der Waals surface area (Å²) in [5.41, 5.74) is -1.29. The Hall–Kier alpha value is -4.71. The fourth-order valence-electron chi connectivity index (χ4n) is 6.36. The maximum Gasteiger partial charge on any atom is 0.338 e. The molecule has 4 atom stereocenters. The van der Waals surface area contributed by atoms with E-state index in [0.29, 0.717) is 24.2 Å². The van der Waals surface area contributed by atoms with E-state index in [2.05, 4.69) is 0 Å². The van der Waals surface area contributed by atoms with Gasteiger partial charge in [0.05, 0.1) is 11.2 Å². The largest absolute Gasteiger partial charge is 0.507 e. The first kappa shape index (κ1) is 31.7. The molecule has 242 valence electrons. The molecular weight excluding hydrogens is 588 g/mol. The van der Waals surface area contributed by atoms with Crippen LogP contribution in [0.15, 0.2) is 30.3 Å². The van der Waals surface area contributed by atoms with Gasteiger partial charge in [-0.2, -0.15) is 0 Å². The van der Waals surface area contributed by atoms with Crippen LogP contribution in [0.4, 0.5) is 0 Å². The first-order chi connectivity index (χ1) is 21.0. The van der Waals surface area contributed by atoms with Gasteiger partial charge < -0.3 is 55.1 Å². The highest BCUT2D eigenvalue weighted by molar-refractivity contribution is 5.91. The molecule has 0 fully saturated rings. The van der Waals surface area contributed by atoms with Crippen LogP contribution in [0, 0.1) is 0 Å². The summed E-state index contributed by atoms with van der Waals surface area (Å²) in [5, 5.41) is 82.8. The molecule has 8 N–H and O–H groups in total. The molecule has 0 aromatic heterocycles. The van der Waals surface area contributed by atoms with E-state index in [-0.39, 0.29) is 34.6 Å². The van der Waals surface area contributed by atoms with Crippen LogP contribution in [0.25, 0.3) is 0 Å². The number of rotatable bonds is 6. The fourth-order valence-corrected chi connectivity index (χ4v) is 6.36. The van der Waals surface area contributed by atoms with Crippen molar-refractivity contribution in [3.8, 4) is 51.7 Å². The first-order valence-electron chi connectivity index (χ1n) is 14.7. The molecule has 0 spiro atoms. The van der Waals surface area contributed by atoms with Gasteiger partial charge in [-0.05, 0) is 64.3 Å². The standard InChI is InChI=1S/C33H38O12/c1-5-7-33(4)8-6-18(32(2,3)42)26-24(45-33)14-19(34)17-13-25(43-31(41)16-11-22(37)28(40)23(38)12-16)29(44-30(17)26)15-9-20(35)27(39)21(36)10-15/h9-12,14,18,25,29,34-40,42H,5-8,13H2,1-4H3/t18-,25-,29-,33?/m1/s1. The highest BCUT2D eigenvalue weighted by Gasteiger charge is 2.45. The summed E-state index contributed by atoms with van der Waals surface area (Å²) in [6, 6.07) is 5.53. The lowest BCUT2D eigenvalue weighted by atomic mass is 9.77. The highest BCUT2D eigenvalue weighted by Crippen LogP contribution is 2.55. The van der Waals surface area contributed by atoms with Crippen LogP contribution in [0.1, 0.15) is 92.4 Å². The molecule has 2 aliphatic rings. The molecule has 0 amide bonds. The van der Waals surface area contributed by atoms with E-state index in [1.54, 1.807) is 13.8 Å². The Bertz CT molecular complexity index is 1600. The first-order valence-corrected chi connectivity index (χ1v) is 14.7. The zero-order valence-electron chi connectivity index (χ0n) is 25.4. The number of aliphatic hydroxyl groups is 1. The van der Waals surface area contributed by atoms with Gasteiger partial charge in [-0.25, -0.2) is 4.79 Å². The molecular formula is C33H38O12. The number of hydrogen-bond acceptors (Lipinski definition) is 12. The van der Waals surface area contributed by atoms with Crippen molar-refractivity contribution in [1.29, 1.82) is 0 Å². The number of aromatic hydroxyl groups is 7. The van der Waals surface area contributed by atoms with Gasteiger partial charge in [0.2, 0.25) is 0 Å². The van der Waals surface area contributed by atoms with Crippen molar-refractivity contribution in [3.05, 3.63) is 52.6 Å². The lowest BCUT2D eigenvalue weighted by Crippen LogP contribution is -2.36. The van der Waals surface area contributed by atoms with Crippen LogP contribution < -0.4 is 9.47 Å². The molecule has 2 heterocycles. The van der Waals surface area contributed by atoms with Gasteiger partial charge in [-0.3, -0.25) is 0 Å². The van der Waals surface area contributed by atoms with E-state index in [4.69, 9.17) is 14.2 Å². The zero-order valence-corrected chi connectivity index (χ0v) is 25.4. The third-order valence-corrected chi connectivity index (χ3v) is 8.63. The van der Waals surface area contributed by atoms with E-state index in [1.807, 2.05) is 13.8 Å². The molecule has 3 aromatic rings. The van der Waals surface area contributed by atoms with Crippen LogP contribution in [-0.2, 0) is 11.2 Å².